The summed E-state index contributed by atoms with van der Waals surface area (Å²) in [6, 6.07) is 3.11. The lowest BCUT2D eigenvalue weighted by Gasteiger charge is -2.49. The van der Waals surface area contributed by atoms with Gasteiger partial charge in [0.15, 0.2) is 0 Å². The summed E-state index contributed by atoms with van der Waals surface area (Å²) in [4.78, 5) is 4.42. The van der Waals surface area contributed by atoms with Gasteiger partial charge >= 0.3 is 0 Å². The summed E-state index contributed by atoms with van der Waals surface area (Å²) in [6.45, 7) is 4.48. The fraction of sp³-hybridized carbons (Fsp3) is 0.538. The van der Waals surface area contributed by atoms with Gasteiger partial charge in [-0.05, 0) is 18.2 Å². The monoisotopic (exact) mass is 254 g/mol. The number of hydrogen-bond acceptors (Lipinski definition) is 3. The van der Waals surface area contributed by atoms with E-state index in [-0.39, 0.29) is 11.6 Å². The van der Waals surface area contributed by atoms with Gasteiger partial charge in [0.05, 0.1) is 12.1 Å². The van der Waals surface area contributed by atoms with Gasteiger partial charge in [0.1, 0.15) is 11.6 Å². The highest BCUT2D eigenvalue weighted by Gasteiger charge is 2.37. The minimum absolute atomic E-state index is 0.0637. The lowest BCUT2D eigenvalue weighted by atomic mass is 9.96. The first-order valence-corrected chi connectivity index (χ1v) is 6.24. The number of rotatable bonds is 2. The Bertz CT molecular complexity index is 447. The highest BCUT2D eigenvalue weighted by molar-refractivity contribution is 5.23. The van der Waals surface area contributed by atoms with Crippen molar-refractivity contribution in [3.8, 4) is 0 Å². The second-order valence-electron chi connectivity index (χ2n) is 5.01. The molecule has 5 heteroatoms. The first-order valence-electron chi connectivity index (χ1n) is 6.24. The molecule has 1 N–H and O–H groups in total. The van der Waals surface area contributed by atoms with Crippen LogP contribution < -0.4 is 0 Å². The normalized spacial score (nSPS) is 32.5. The summed E-state index contributed by atoms with van der Waals surface area (Å²) in [5.41, 5.74) is 0.0637. The molecule has 2 atom stereocenters. The summed E-state index contributed by atoms with van der Waals surface area (Å²) in [7, 11) is 0. The number of hydrogen-bond donors (Lipinski definition) is 1. The van der Waals surface area contributed by atoms with Crippen LogP contribution in [0.25, 0.3) is 0 Å². The molecule has 0 radical (unpaired) electrons. The molecule has 0 amide bonds. The van der Waals surface area contributed by atoms with E-state index in [1.807, 2.05) is 0 Å². The van der Waals surface area contributed by atoms with Crippen molar-refractivity contribution in [1.29, 1.82) is 0 Å². The van der Waals surface area contributed by atoms with E-state index in [2.05, 4.69) is 9.80 Å². The zero-order valence-electron chi connectivity index (χ0n) is 10.0. The van der Waals surface area contributed by atoms with E-state index in [1.165, 1.54) is 0 Å². The minimum Gasteiger partial charge on any atom is -0.387 e. The molecule has 3 aliphatic rings. The van der Waals surface area contributed by atoms with Crippen LogP contribution in [0.5, 0.6) is 0 Å². The predicted octanol–water partition coefficient (Wildman–Crippen LogP) is 0.998. The van der Waals surface area contributed by atoms with Crippen LogP contribution in [0.1, 0.15) is 11.7 Å². The Morgan fingerprint density at radius 1 is 1.17 bits per heavy atom. The highest BCUT2D eigenvalue weighted by Crippen LogP contribution is 2.28. The van der Waals surface area contributed by atoms with Gasteiger partial charge in [-0.15, -0.1) is 0 Å². The highest BCUT2D eigenvalue weighted by atomic mass is 19.1. The Balaban J connectivity index is 1.85. The number of aliphatic hydroxyl groups excluding tert-OH is 1. The van der Waals surface area contributed by atoms with Gasteiger partial charge in [0.2, 0.25) is 0 Å². The Kier molecular flexibility index (Phi) is 3.05. The van der Waals surface area contributed by atoms with Crippen molar-refractivity contribution < 1.29 is 13.9 Å². The number of piperazine rings is 3. The SMILES string of the molecule is OC(c1cc(F)ccc1F)C1CN2CCN1CC2. The molecule has 1 aromatic carbocycles. The number of nitrogens with zero attached hydrogens (tertiary/aromatic N) is 2. The molecule has 3 aliphatic heterocycles. The van der Waals surface area contributed by atoms with Crippen molar-refractivity contribution in [3.05, 3.63) is 35.4 Å². The van der Waals surface area contributed by atoms with Crippen LogP contribution in [0.15, 0.2) is 18.2 Å². The first kappa shape index (κ1) is 12.0. The van der Waals surface area contributed by atoms with Crippen LogP contribution in [0.3, 0.4) is 0 Å². The van der Waals surface area contributed by atoms with Gasteiger partial charge in [-0.25, -0.2) is 8.78 Å². The van der Waals surface area contributed by atoms with Gasteiger partial charge in [-0.1, -0.05) is 0 Å². The smallest absolute Gasteiger partial charge is 0.129 e. The molecule has 3 heterocycles. The summed E-state index contributed by atoms with van der Waals surface area (Å²) < 4.78 is 26.8. The molecule has 18 heavy (non-hydrogen) atoms. The average molecular weight is 254 g/mol. The van der Waals surface area contributed by atoms with Crippen molar-refractivity contribution >= 4 is 0 Å². The third-order valence-corrected chi connectivity index (χ3v) is 3.96. The van der Waals surface area contributed by atoms with E-state index in [0.717, 1.165) is 50.9 Å². The molecule has 0 saturated carbocycles. The molecule has 2 bridgehead atoms. The molecule has 2 unspecified atom stereocenters. The number of aliphatic hydroxyl groups is 1. The fourth-order valence-corrected chi connectivity index (χ4v) is 2.91. The molecule has 0 spiro atoms. The summed E-state index contributed by atoms with van der Waals surface area (Å²) in [6.07, 6.45) is -0.969. The minimum atomic E-state index is -0.969. The lowest BCUT2D eigenvalue weighted by molar-refractivity contribution is -0.0480. The lowest BCUT2D eigenvalue weighted by Crippen LogP contribution is -2.62. The zero-order chi connectivity index (χ0) is 12.7. The van der Waals surface area contributed by atoms with E-state index in [4.69, 9.17) is 0 Å². The molecule has 3 saturated heterocycles. The molecule has 0 aliphatic carbocycles. The standard InChI is InChI=1S/C13H16F2N2O/c14-9-1-2-11(15)10(7-9)13(18)12-8-16-3-5-17(12)6-4-16/h1-2,7,12-13,18H,3-6,8H2. The van der Waals surface area contributed by atoms with Gasteiger partial charge in [0, 0.05) is 38.3 Å². The van der Waals surface area contributed by atoms with Crippen LogP contribution in [0.4, 0.5) is 8.78 Å². The molecule has 98 valence electrons. The average Bonchev–Trinajstić information content (AvgIpc) is 2.42. The van der Waals surface area contributed by atoms with Crippen LogP contribution in [0.2, 0.25) is 0 Å². The molecule has 1 aromatic rings. The maximum absolute atomic E-state index is 13.7. The molecule has 3 fully saturated rings. The van der Waals surface area contributed by atoms with E-state index < -0.39 is 17.7 Å². The summed E-state index contributed by atoms with van der Waals surface area (Å²) in [5, 5.41) is 10.3. The van der Waals surface area contributed by atoms with Crippen molar-refractivity contribution in [1.82, 2.24) is 9.80 Å². The quantitative estimate of drug-likeness (QED) is 0.853. The van der Waals surface area contributed by atoms with Gasteiger partial charge < -0.3 is 5.11 Å². The maximum atomic E-state index is 13.7. The van der Waals surface area contributed by atoms with Crippen molar-refractivity contribution in [2.45, 2.75) is 12.1 Å². The number of fused-ring (bicyclic) bond motifs is 3. The molecule has 0 aromatic heterocycles. The fourth-order valence-electron chi connectivity index (χ4n) is 2.91. The van der Waals surface area contributed by atoms with E-state index in [0.29, 0.717) is 0 Å². The predicted molar refractivity (Wildman–Crippen MR) is 63.1 cm³/mol. The molecule has 4 rings (SSSR count). The van der Waals surface area contributed by atoms with Crippen molar-refractivity contribution in [2.24, 2.45) is 0 Å². The van der Waals surface area contributed by atoms with Gasteiger partial charge in [-0.2, -0.15) is 0 Å². The number of benzene rings is 1. The zero-order valence-corrected chi connectivity index (χ0v) is 10.0. The Hall–Kier alpha value is -1.04. The topological polar surface area (TPSA) is 26.7 Å². The second kappa shape index (κ2) is 4.57. The molecular formula is C13H16F2N2O. The second-order valence-corrected chi connectivity index (χ2v) is 5.01. The van der Waals surface area contributed by atoms with Crippen LogP contribution >= 0.6 is 0 Å². The van der Waals surface area contributed by atoms with Gasteiger partial charge in [-0.3, -0.25) is 9.80 Å². The Morgan fingerprint density at radius 2 is 1.89 bits per heavy atom. The first-order chi connectivity index (χ1) is 8.65. The van der Waals surface area contributed by atoms with E-state index >= 15 is 0 Å². The van der Waals surface area contributed by atoms with Gasteiger partial charge in [0.25, 0.3) is 0 Å². The van der Waals surface area contributed by atoms with Crippen LogP contribution in [-0.4, -0.2) is 53.7 Å². The van der Waals surface area contributed by atoms with E-state index in [1.54, 1.807) is 0 Å². The van der Waals surface area contributed by atoms with Crippen LogP contribution in [0, 0.1) is 11.6 Å². The Labute approximate surface area is 105 Å². The summed E-state index contributed by atoms with van der Waals surface area (Å²) in [5.74, 6) is -1.05. The maximum Gasteiger partial charge on any atom is 0.129 e. The van der Waals surface area contributed by atoms with Crippen molar-refractivity contribution in [3.63, 3.8) is 0 Å². The largest absolute Gasteiger partial charge is 0.387 e. The third kappa shape index (κ3) is 2.02. The van der Waals surface area contributed by atoms with E-state index in [9.17, 15) is 13.9 Å². The third-order valence-electron chi connectivity index (χ3n) is 3.96. The molecule has 3 nitrogen and oxygen atoms in total. The molecular weight excluding hydrogens is 238 g/mol. The Morgan fingerprint density at radius 3 is 2.50 bits per heavy atom. The number of halogens is 2. The van der Waals surface area contributed by atoms with Crippen molar-refractivity contribution in [2.75, 3.05) is 32.7 Å². The summed E-state index contributed by atoms with van der Waals surface area (Å²) >= 11 is 0. The van der Waals surface area contributed by atoms with Crippen LogP contribution in [-0.2, 0) is 0 Å².